The van der Waals surface area contributed by atoms with E-state index in [1.54, 1.807) is 24.3 Å². The SMILES string of the molecule is O=C(C1CCCCC1)N1CCN(CCN2C(=O)c3ccccc3C2=O)CC1. The number of piperazine rings is 1. The molecule has 0 aromatic heterocycles. The first-order chi connectivity index (χ1) is 13.1. The second kappa shape index (κ2) is 7.80. The molecular formula is C21H27N3O3. The summed E-state index contributed by atoms with van der Waals surface area (Å²) in [5.41, 5.74) is 1.01. The minimum atomic E-state index is -0.193. The zero-order chi connectivity index (χ0) is 18.8. The summed E-state index contributed by atoms with van der Waals surface area (Å²) in [6, 6.07) is 7.00. The molecule has 0 unspecified atom stereocenters. The molecular weight excluding hydrogens is 342 g/mol. The van der Waals surface area contributed by atoms with Gasteiger partial charge in [-0.15, -0.1) is 0 Å². The molecule has 4 rings (SSSR count). The molecule has 1 aliphatic carbocycles. The molecule has 27 heavy (non-hydrogen) atoms. The molecule has 0 spiro atoms. The largest absolute Gasteiger partial charge is 0.340 e. The Kier molecular flexibility index (Phi) is 5.25. The molecule has 0 bridgehead atoms. The first-order valence-electron chi connectivity index (χ1n) is 10.1. The quantitative estimate of drug-likeness (QED) is 0.762. The van der Waals surface area contributed by atoms with Crippen LogP contribution in [0.5, 0.6) is 0 Å². The van der Waals surface area contributed by atoms with Crippen LogP contribution >= 0.6 is 0 Å². The number of nitrogens with zero attached hydrogens (tertiary/aromatic N) is 3. The maximum atomic E-state index is 12.6. The molecule has 1 saturated heterocycles. The van der Waals surface area contributed by atoms with Crippen LogP contribution in [0.4, 0.5) is 0 Å². The lowest BCUT2D eigenvalue weighted by molar-refractivity contribution is -0.138. The summed E-state index contributed by atoms with van der Waals surface area (Å²) < 4.78 is 0. The predicted molar refractivity (Wildman–Crippen MR) is 101 cm³/mol. The van der Waals surface area contributed by atoms with Gasteiger partial charge in [0.1, 0.15) is 0 Å². The zero-order valence-corrected chi connectivity index (χ0v) is 15.7. The highest BCUT2D eigenvalue weighted by Gasteiger charge is 2.35. The number of imide groups is 1. The van der Waals surface area contributed by atoms with Gasteiger partial charge in [-0.2, -0.15) is 0 Å². The number of fused-ring (bicyclic) bond motifs is 1. The molecule has 0 atom stereocenters. The summed E-state index contributed by atoms with van der Waals surface area (Å²) >= 11 is 0. The summed E-state index contributed by atoms with van der Waals surface area (Å²) in [5, 5.41) is 0. The molecule has 2 heterocycles. The van der Waals surface area contributed by atoms with Gasteiger partial charge in [0, 0.05) is 45.2 Å². The van der Waals surface area contributed by atoms with Gasteiger partial charge >= 0.3 is 0 Å². The van der Waals surface area contributed by atoms with E-state index in [0.29, 0.717) is 30.1 Å². The molecule has 1 saturated carbocycles. The van der Waals surface area contributed by atoms with E-state index in [0.717, 1.165) is 39.0 Å². The molecule has 2 aliphatic heterocycles. The smallest absolute Gasteiger partial charge is 0.261 e. The van der Waals surface area contributed by atoms with E-state index in [1.807, 2.05) is 4.90 Å². The number of carbonyl (C=O) groups is 3. The van der Waals surface area contributed by atoms with Crippen molar-refractivity contribution in [1.82, 2.24) is 14.7 Å². The van der Waals surface area contributed by atoms with E-state index >= 15 is 0 Å². The fraction of sp³-hybridized carbons (Fsp3) is 0.571. The van der Waals surface area contributed by atoms with Crippen LogP contribution in [0.15, 0.2) is 24.3 Å². The van der Waals surface area contributed by atoms with Crippen molar-refractivity contribution in [2.45, 2.75) is 32.1 Å². The van der Waals surface area contributed by atoms with Crippen LogP contribution in [0.25, 0.3) is 0 Å². The van der Waals surface area contributed by atoms with E-state index in [1.165, 1.54) is 24.2 Å². The van der Waals surface area contributed by atoms with Gasteiger partial charge in [-0.05, 0) is 25.0 Å². The van der Waals surface area contributed by atoms with Gasteiger partial charge in [0.2, 0.25) is 5.91 Å². The van der Waals surface area contributed by atoms with Gasteiger partial charge in [0.25, 0.3) is 11.8 Å². The molecule has 1 aromatic carbocycles. The highest BCUT2D eigenvalue weighted by Crippen LogP contribution is 2.26. The topological polar surface area (TPSA) is 60.9 Å². The Bertz CT molecular complexity index is 699. The number of benzene rings is 1. The van der Waals surface area contributed by atoms with Crippen LogP contribution in [-0.2, 0) is 4.79 Å². The molecule has 0 N–H and O–H groups in total. The van der Waals surface area contributed by atoms with Crippen LogP contribution in [0, 0.1) is 5.92 Å². The number of hydrogen-bond donors (Lipinski definition) is 0. The van der Waals surface area contributed by atoms with Crippen molar-refractivity contribution in [3.05, 3.63) is 35.4 Å². The highest BCUT2D eigenvalue weighted by molar-refractivity contribution is 6.21. The molecule has 2 fully saturated rings. The van der Waals surface area contributed by atoms with Crippen molar-refractivity contribution in [3.8, 4) is 0 Å². The zero-order valence-electron chi connectivity index (χ0n) is 15.7. The van der Waals surface area contributed by atoms with Crippen LogP contribution in [-0.4, -0.2) is 71.7 Å². The van der Waals surface area contributed by atoms with Crippen LogP contribution in [0.1, 0.15) is 52.8 Å². The van der Waals surface area contributed by atoms with E-state index in [9.17, 15) is 14.4 Å². The Morgan fingerprint density at radius 2 is 1.44 bits per heavy atom. The Balaban J connectivity index is 1.26. The van der Waals surface area contributed by atoms with Gasteiger partial charge in [-0.3, -0.25) is 24.2 Å². The maximum absolute atomic E-state index is 12.6. The van der Waals surface area contributed by atoms with E-state index < -0.39 is 0 Å². The third-order valence-corrected chi connectivity index (χ3v) is 6.16. The summed E-state index contributed by atoms with van der Waals surface area (Å²) in [6.07, 6.45) is 5.69. The third-order valence-electron chi connectivity index (χ3n) is 6.16. The number of rotatable bonds is 4. The van der Waals surface area contributed by atoms with Gasteiger partial charge in [0.15, 0.2) is 0 Å². The minimum Gasteiger partial charge on any atom is -0.340 e. The van der Waals surface area contributed by atoms with Gasteiger partial charge < -0.3 is 4.90 Å². The standard InChI is InChI=1S/C21H27N3O3/c25-19(16-6-2-1-3-7-16)23-13-10-22(11-14-23)12-15-24-20(26)17-8-4-5-9-18(17)21(24)27/h4-5,8-9,16H,1-3,6-7,10-15H2. The maximum Gasteiger partial charge on any atom is 0.261 e. The fourth-order valence-corrected chi connectivity index (χ4v) is 4.48. The van der Waals surface area contributed by atoms with Crippen molar-refractivity contribution < 1.29 is 14.4 Å². The van der Waals surface area contributed by atoms with E-state index in [4.69, 9.17) is 0 Å². The monoisotopic (exact) mass is 369 g/mol. The number of hydrogen-bond acceptors (Lipinski definition) is 4. The van der Waals surface area contributed by atoms with Crippen LogP contribution in [0.3, 0.4) is 0 Å². The summed E-state index contributed by atoms with van der Waals surface area (Å²) in [5.74, 6) is 0.168. The highest BCUT2D eigenvalue weighted by atomic mass is 16.2. The molecule has 6 heteroatoms. The third kappa shape index (κ3) is 3.63. The van der Waals surface area contributed by atoms with Gasteiger partial charge in [0.05, 0.1) is 11.1 Å². The van der Waals surface area contributed by atoms with Crippen molar-refractivity contribution in [1.29, 1.82) is 0 Å². The van der Waals surface area contributed by atoms with Crippen molar-refractivity contribution >= 4 is 17.7 Å². The second-order valence-corrected chi connectivity index (χ2v) is 7.81. The Morgan fingerprint density at radius 3 is 2.04 bits per heavy atom. The molecule has 3 aliphatic rings. The normalized spacial score (nSPS) is 21.6. The van der Waals surface area contributed by atoms with E-state index in [2.05, 4.69) is 4.90 Å². The van der Waals surface area contributed by atoms with Gasteiger partial charge in [-0.1, -0.05) is 31.4 Å². The predicted octanol–water partition coefficient (Wildman–Crippen LogP) is 2.01. The molecule has 0 radical (unpaired) electrons. The Labute approximate surface area is 160 Å². The first kappa shape index (κ1) is 18.2. The molecule has 3 amide bonds. The van der Waals surface area contributed by atoms with Crippen molar-refractivity contribution in [3.63, 3.8) is 0 Å². The van der Waals surface area contributed by atoms with Crippen molar-refractivity contribution in [2.75, 3.05) is 39.3 Å². The lowest BCUT2D eigenvalue weighted by atomic mass is 9.88. The number of amides is 3. The average Bonchev–Trinajstić information content (AvgIpc) is 2.97. The van der Waals surface area contributed by atoms with Crippen LogP contribution in [0.2, 0.25) is 0 Å². The fourth-order valence-electron chi connectivity index (χ4n) is 4.48. The van der Waals surface area contributed by atoms with Gasteiger partial charge in [-0.25, -0.2) is 0 Å². The van der Waals surface area contributed by atoms with E-state index in [-0.39, 0.29) is 17.7 Å². The minimum absolute atomic E-state index is 0.193. The summed E-state index contributed by atoms with van der Waals surface area (Å²) in [4.78, 5) is 43.1. The Hall–Kier alpha value is -2.21. The molecule has 144 valence electrons. The lowest BCUT2D eigenvalue weighted by Gasteiger charge is -2.37. The summed E-state index contributed by atoms with van der Waals surface area (Å²) in [6.45, 7) is 4.18. The van der Waals surface area contributed by atoms with Crippen molar-refractivity contribution in [2.24, 2.45) is 5.92 Å². The first-order valence-corrected chi connectivity index (χ1v) is 10.1. The summed E-state index contributed by atoms with van der Waals surface area (Å²) in [7, 11) is 0. The molecule has 6 nitrogen and oxygen atoms in total. The lowest BCUT2D eigenvalue weighted by Crippen LogP contribution is -2.52. The molecule has 1 aromatic rings. The van der Waals surface area contributed by atoms with Crippen LogP contribution < -0.4 is 0 Å². The average molecular weight is 369 g/mol. The second-order valence-electron chi connectivity index (χ2n) is 7.81. The number of carbonyl (C=O) groups excluding carboxylic acids is 3. The Morgan fingerprint density at radius 1 is 0.852 bits per heavy atom.